The van der Waals surface area contributed by atoms with Crippen molar-refractivity contribution >= 4 is 10.9 Å². The first-order valence-electron chi connectivity index (χ1n) is 9.52. The Morgan fingerprint density at radius 2 is 1.22 bits per heavy atom. The number of fused-ring (bicyclic) bond motifs is 1. The van der Waals surface area contributed by atoms with E-state index in [1.807, 2.05) is 12.3 Å². The van der Waals surface area contributed by atoms with Crippen molar-refractivity contribution in [2.24, 2.45) is 0 Å². The highest BCUT2D eigenvalue weighted by molar-refractivity contribution is 5.83. The molecule has 0 aliphatic rings. The van der Waals surface area contributed by atoms with Crippen LogP contribution in [0.4, 0.5) is 0 Å². The molecule has 1 nitrogen and oxygen atoms in total. The van der Waals surface area contributed by atoms with Crippen LogP contribution in [0.25, 0.3) is 10.9 Å². The molecule has 0 N–H and O–H groups in total. The van der Waals surface area contributed by atoms with Crippen molar-refractivity contribution in [2.45, 2.75) is 33.6 Å². The fourth-order valence-electron chi connectivity index (χ4n) is 3.80. The van der Waals surface area contributed by atoms with Gasteiger partial charge in [-0.2, -0.15) is 0 Å². The van der Waals surface area contributed by atoms with E-state index in [0.29, 0.717) is 0 Å². The summed E-state index contributed by atoms with van der Waals surface area (Å²) in [6.45, 7) is 8.72. The van der Waals surface area contributed by atoms with E-state index < -0.39 is 0 Å². The Bertz CT molecular complexity index is 1070. The second-order valence-corrected chi connectivity index (χ2v) is 7.54. The Hall–Kier alpha value is -2.93. The molecular weight excluding hydrogens is 326 g/mol. The summed E-state index contributed by atoms with van der Waals surface area (Å²) in [6, 6.07) is 24.3. The van der Waals surface area contributed by atoms with Crippen LogP contribution in [-0.2, 0) is 0 Å². The maximum atomic E-state index is 4.73. The number of aryl methyl sites for hydroxylation is 4. The van der Waals surface area contributed by atoms with Crippen LogP contribution in [0.5, 0.6) is 0 Å². The van der Waals surface area contributed by atoms with Crippen LogP contribution in [0.3, 0.4) is 0 Å². The third-order valence-electron chi connectivity index (χ3n) is 5.70. The Morgan fingerprint density at radius 1 is 0.630 bits per heavy atom. The summed E-state index contributed by atoms with van der Waals surface area (Å²) in [5.41, 5.74) is 10.3. The first-order valence-corrected chi connectivity index (χ1v) is 9.52. The van der Waals surface area contributed by atoms with Crippen LogP contribution in [0.1, 0.15) is 44.9 Å². The molecule has 4 aromatic rings. The second kappa shape index (κ2) is 7.00. The van der Waals surface area contributed by atoms with Gasteiger partial charge in [-0.25, -0.2) is 0 Å². The second-order valence-electron chi connectivity index (χ2n) is 7.54. The lowest BCUT2D eigenvalue weighted by Gasteiger charge is -2.22. The van der Waals surface area contributed by atoms with Gasteiger partial charge in [0.25, 0.3) is 0 Å². The first kappa shape index (κ1) is 17.5. The van der Waals surface area contributed by atoms with Gasteiger partial charge in [0.05, 0.1) is 5.52 Å². The molecule has 0 unspecified atom stereocenters. The molecule has 0 saturated heterocycles. The minimum absolute atomic E-state index is 0.169. The number of aromatic nitrogens is 1. The molecule has 1 heterocycles. The maximum Gasteiger partial charge on any atom is 0.0743 e. The lowest BCUT2D eigenvalue weighted by molar-refractivity contribution is 0.973. The number of benzene rings is 3. The van der Waals surface area contributed by atoms with Gasteiger partial charge >= 0.3 is 0 Å². The van der Waals surface area contributed by atoms with Crippen LogP contribution in [0.15, 0.2) is 72.9 Å². The molecule has 0 aliphatic heterocycles. The first-order chi connectivity index (χ1) is 13.0. The molecule has 0 bridgehead atoms. The summed E-state index contributed by atoms with van der Waals surface area (Å²) in [5.74, 6) is 0.169. The minimum Gasteiger partial charge on any atom is -0.256 e. The number of nitrogens with zero attached hydrogens (tertiary/aromatic N) is 1. The molecule has 0 amide bonds. The summed E-state index contributed by atoms with van der Waals surface area (Å²) in [6.07, 6.45) is 1.89. The van der Waals surface area contributed by atoms with Crippen molar-refractivity contribution in [1.82, 2.24) is 4.98 Å². The van der Waals surface area contributed by atoms with Crippen LogP contribution in [0, 0.1) is 27.7 Å². The molecule has 0 saturated carbocycles. The average Bonchev–Trinajstić information content (AvgIpc) is 2.68. The predicted molar refractivity (Wildman–Crippen MR) is 115 cm³/mol. The van der Waals surface area contributed by atoms with E-state index in [0.717, 1.165) is 5.52 Å². The van der Waals surface area contributed by atoms with Crippen LogP contribution in [0.2, 0.25) is 0 Å². The van der Waals surface area contributed by atoms with Gasteiger partial charge in [-0.1, -0.05) is 60.7 Å². The number of para-hydroxylation sites is 1. The van der Waals surface area contributed by atoms with Crippen molar-refractivity contribution in [2.75, 3.05) is 0 Å². The SMILES string of the molecule is Cc1ccc(C(c2ccc(C)c(C)c2)c2cccc3cccnc23)cc1C. The number of rotatable bonds is 3. The molecule has 0 atom stereocenters. The zero-order chi connectivity index (χ0) is 19.0. The fourth-order valence-corrected chi connectivity index (χ4v) is 3.80. The van der Waals surface area contributed by atoms with Gasteiger partial charge in [-0.15, -0.1) is 0 Å². The summed E-state index contributed by atoms with van der Waals surface area (Å²) in [5, 5.41) is 1.19. The third kappa shape index (κ3) is 3.26. The summed E-state index contributed by atoms with van der Waals surface area (Å²) in [4.78, 5) is 4.73. The van der Waals surface area contributed by atoms with Crippen molar-refractivity contribution in [3.63, 3.8) is 0 Å². The van der Waals surface area contributed by atoms with E-state index in [-0.39, 0.29) is 5.92 Å². The van der Waals surface area contributed by atoms with Crippen LogP contribution < -0.4 is 0 Å². The van der Waals surface area contributed by atoms with Gasteiger partial charge in [0.15, 0.2) is 0 Å². The number of hydrogen-bond donors (Lipinski definition) is 0. The van der Waals surface area contributed by atoms with E-state index in [9.17, 15) is 0 Å². The van der Waals surface area contributed by atoms with E-state index in [1.54, 1.807) is 0 Å². The molecule has 1 aromatic heterocycles. The Labute approximate surface area is 161 Å². The maximum absolute atomic E-state index is 4.73. The van der Waals surface area contributed by atoms with Gasteiger partial charge in [-0.05, 0) is 72.7 Å². The fraction of sp³-hybridized carbons (Fsp3) is 0.192. The lowest BCUT2D eigenvalue weighted by Crippen LogP contribution is -2.06. The van der Waals surface area contributed by atoms with E-state index >= 15 is 0 Å². The molecule has 4 rings (SSSR count). The molecule has 134 valence electrons. The molecule has 27 heavy (non-hydrogen) atoms. The smallest absolute Gasteiger partial charge is 0.0743 e. The molecule has 3 aromatic carbocycles. The van der Waals surface area contributed by atoms with Crippen LogP contribution >= 0.6 is 0 Å². The van der Waals surface area contributed by atoms with Crippen LogP contribution in [-0.4, -0.2) is 4.98 Å². The monoisotopic (exact) mass is 351 g/mol. The molecule has 1 heteroatoms. The molecule has 0 radical (unpaired) electrons. The Kier molecular flexibility index (Phi) is 4.53. The van der Waals surface area contributed by atoms with E-state index in [2.05, 4.69) is 88.4 Å². The Morgan fingerprint density at radius 3 is 1.81 bits per heavy atom. The zero-order valence-corrected chi connectivity index (χ0v) is 16.5. The number of pyridine rings is 1. The summed E-state index contributed by atoms with van der Waals surface area (Å²) >= 11 is 0. The summed E-state index contributed by atoms with van der Waals surface area (Å²) in [7, 11) is 0. The topological polar surface area (TPSA) is 12.9 Å². The third-order valence-corrected chi connectivity index (χ3v) is 5.70. The molecule has 0 aliphatic carbocycles. The average molecular weight is 351 g/mol. The van der Waals surface area contributed by atoms with Crippen molar-refractivity contribution < 1.29 is 0 Å². The van der Waals surface area contributed by atoms with Gasteiger partial charge in [0.1, 0.15) is 0 Å². The zero-order valence-electron chi connectivity index (χ0n) is 16.5. The minimum atomic E-state index is 0.169. The largest absolute Gasteiger partial charge is 0.256 e. The highest BCUT2D eigenvalue weighted by atomic mass is 14.7. The quantitative estimate of drug-likeness (QED) is 0.377. The summed E-state index contributed by atoms with van der Waals surface area (Å²) < 4.78 is 0. The standard InChI is InChI=1S/C26H25N/c1-17-10-12-22(15-19(17)3)25(23-13-11-18(2)20(4)16-23)24-9-5-7-21-8-6-14-27-26(21)24/h5-16,25H,1-4H3. The lowest BCUT2D eigenvalue weighted by atomic mass is 9.82. The van der Waals surface area contributed by atoms with E-state index in [1.165, 1.54) is 44.3 Å². The normalized spacial score (nSPS) is 11.3. The predicted octanol–water partition coefficient (Wildman–Crippen LogP) is 6.65. The molecule has 0 fully saturated rings. The van der Waals surface area contributed by atoms with Gasteiger partial charge in [0.2, 0.25) is 0 Å². The highest BCUT2D eigenvalue weighted by Crippen LogP contribution is 2.36. The number of hydrogen-bond acceptors (Lipinski definition) is 1. The Balaban J connectivity index is 2.00. The van der Waals surface area contributed by atoms with Gasteiger partial charge in [-0.3, -0.25) is 4.98 Å². The highest BCUT2D eigenvalue weighted by Gasteiger charge is 2.20. The van der Waals surface area contributed by atoms with Crippen molar-refractivity contribution in [3.05, 3.63) is 112 Å². The molecule has 0 spiro atoms. The van der Waals surface area contributed by atoms with Gasteiger partial charge in [0, 0.05) is 17.5 Å². The molecular formula is C26H25N. The van der Waals surface area contributed by atoms with Crippen molar-refractivity contribution in [3.8, 4) is 0 Å². The van der Waals surface area contributed by atoms with Crippen molar-refractivity contribution in [1.29, 1.82) is 0 Å². The van der Waals surface area contributed by atoms with E-state index in [4.69, 9.17) is 4.98 Å². The van der Waals surface area contributed by atoms with Gasteiger partial charge < -0.3 is 0 Å².